The molecule has 3 unspecified atom stereocenters. The lowest BCUT2D eigenvalue weighted by Gasteiger charge is -2.54. The van der Waals surface area contributed by atoms with E-state index in [0.717, 1.165) is 0 Å². The molecule has 1 heterocycles. The van der Waals surface area contributed by atoms with E-state index in [1.54, 1.807) is 20.8 Å². The summed E-state index contributed by atoms with van der Waals surface area (Å²) in [6.07, 6.45) is -14.1. The summed E-state index contributed by atoms with van der Waals surface area (Å²) < 4.78 is 201. The summed E-state index contributed by atoms with van der Waals surface area (Å²) in [6, 6.07) is 0. The lowest BCUT2D eigenvalue weighted by molar-refractivity contribution is -0.283. The maximum Gasteiger partial charge on any atom is 0.465 e. The molecule has 0 radical (unpaired) electrons. The summed E-state index contributed by atoms with van der Waals surface area (Å²) in [5.74, 6) is -23.7. The van der Waals surface area contributed by atoms with Crippen molar-refractivity contribution in [3.8, 4) is 0 Å². The monoisotopic (exact) mass is 768 g/mol. The molecule has 3 aliphatic rings. The van der Waals surface area contributed by atoms with Gasteiger partial charge in [0.15, 0.2) is 0 Å². The van der Waals surface area contributed by atoms with Gasteiger partial charge in [0.2, 0.25) is 0 Å². The van der Waals surface area contributed by atoms with Gasteiger partial charge in [-0.25, -0.2) is 14.4 Å². The van der Waals surface area contributed by atoms with Crippen LogP contribution in [0.1, 0.15) is 33.6 Å². The Morgan fingerprint density at radius 2 is 1.17 bits per heavy atom. The molecule has 2 bridgehead atoms. The fourth-order valence-corrected chi connectivity index (χ4v) is 10.6. The molecule has 3 atom stereocenters. The molecule has 0 amide bonds. The number of hydrogen-bond acceptors (Lipinski definition) is 10. The Balaban J connectivity index is 1.99. The van der Waals surface area contributed by atoms with E-state index in [2.05, 4.69) is 9.47 Å². The number of halogens is 12. The Bertz CT molecular complexity index is 1350. The second-order valence-electron chi connectivity index (χ2n) is 12.1. The Morgan fingerprint density at radius 1 is 0.766 bits per heavy atom. The molecule has 272 valence electrons. The summed E-state index contributed by atoms with van der Waals surface area (Å²) in [4.78, 5) is 35.7. The highest BCUT2D eigenvalue weighted by atomic mass is 32.2. The van der Waals surface area contributed by atoms with Crippen molar-refractivity contribution < 1.29 is 94.2 Å². The van der Waals surface area contributed by atoms with E-state index >= 15 is 0 Å². The van der Waals surface area contributed by atoms with Crippen molar-refractivity contribution in [3.05, 3.63) is 0 Å². The third-order valence-electron chi connectivity index (χ3n) is 9.04. The van der Waals surface area contributed by atoms with Crippen molar-refractivity contribution in [1.82, 2.24) is 0 Å². The van der Waals surface area contributed by atoms with Crippen molar-refractivity contribution in [1.29, 1.82) is 0 Å². The van der Waals surface area contributed by atoms with Gasteiger partial charge in [0, 0.05) is 22.8 Å². The van der Waals surface area contributed by atoms with E-state index in [0.29, 0.717) is 23.5 Å². The van der Waals surface area contributed by atoms with Gasteiger partial charge in [0.1, 0.15) is 23.4 Å². The van der Waals surface area contributed by atoms with Gasteiger partial charge in [-0.1, -0.05) is 20.8 Å². The smallest absolute Gasteiger partial charge is 0.460 e. The molecule has 2 saturated carbocycles. The van der Waals surface area contributed by atoms with E-state index < -0.39 is 115 Å². The second-order valence-corrected chi connectivity index (χ2v) is 16.2. The average Bonchev–Trinajstić information content (AvgIpc) is 3.22. The fraction of sp³-hybridized carbons (Fsp3) is 0.870. The molecule has 1 spiro atoms. The van der Waals surface area contributed by atoms with Gasteiger partial charge in [-0.2, -0.15) is 61.1 Å². The zero-order chi connectivity index (χ0) is 36.7. The minimum Gasteiger partial charge on any atom is -0.460 e. The molecule has 9 nitrogen and oxygen atoms in total. The Hall–Kier alpha value is -1.82. The molecule has 3 fully saturated rings. The van der Waals surface area contributed by atoms with Crippen LogP contribution in [0.25, 0.3) is 0 Å². The summed E-state index contributed by atoms with van der Waals surface area (Å²) in [7, 11) is -6.34. The number of ether oxygens (including phenoxy) is 3. The molecule has 0 aromatic carbocycles. The van der Waals surface area contributed by atoms with E-state index in [9.17, 15) is 75.5 Å². The van der Waals surface area contributed by atoms with Gasteiger partial charge in [-0.15, -0.1) is 23.5 Å². The van der Waals surface area contributed by atoms with Crippen LogP contribution in [0.2, 0.25) is 0 Å². The van der Waals surface area contributed by atoms with E-state index in [1.807, 2.05) is 0 Å². The molecule has 47 heavy (non-hydrogen) atoms. The third kappa shape index (κ3) is 6.14. The molecule has 1 saturated heterocycles. The third-order valence-corrected chi connectivity index (χ3v) is 14.3. The van der Waals surface area contributed by atoms with Crippen LogP contribution in [0.15, 0.2) is 0 Å². The highest BCUT2D eigenvalue weighted by Gasteiger charge is 2.77. The van der Waals surface area contributed by atoms with Crippen LogP contribution in [0.5, 0.6) is 0 Å². The predicted molar refractivity (Wildman–Crippen MR) is 135 cm³/mol. The highest BCUT2D eigenvalue weighted by molar-refractivity contribution is 8.19. The van der Waals surface area contributed by atoms with Gasteiger partial charge in [-0.05, 0) is 18.3 Å². The molecule has 2 aliphatic carbocycles. The predicted octanol–water partition coefficient (Wildman–Crippen LogP) is 5.48. The lowest BCUT2D eigenvalue weighted by atomic mass is 9.70. The van der Waals surface area contributed by atoms with Gasteiger partial charge in [-0.3, -0.25) is 4.55 Å². The van der Waals surface area contributed by atoms with Crippen LogP contribution >= 0.6 is 23.5 Å². The van der Waals surface area contributed by atoms with E-state index in [-0.39, 0.29) is 12.8 Å². The number of carbonyl (C=O) groups is 3. The zero-order valence-corrected chi connectivity index (χ0v) is 26.3. The standard InChI is InChI=1S/C23H24F12O9S3/c1-15(2)10-4-5-16(15,3)20(11(10)44-14(38)21(28,29)47(39,40)41)45-8-17(9-46-20,6-42-12(36)18(24,25)22(30,31)32)7-43-13(37)19(26,27)23(33,34)35/h10-11H,4-9H2,1-3H3,(H,39,40,41). The van der Waals surface area contributed by atoms with Crippen LogP contribution in [0.4, 0.5) is 52.7 Å². The van der Waals surface area contributed by atoms with Crippen molar-refractivity contribution in [2.24, 2.45) is 22.2 Å². The number of hydrogen-bond donors (Lipinski definition) is 1. The lowest BCUT2D eigenvalue weighted by Crippen LogP contribution is -2.57. The number of thioether (sulfide) groups is 2. The van der Waals surface area contributed by atoms with Crippen molar-refractivity contribution in [2.45, 2.75) is 73.2 Å². The molecule has 0 aromatic heterocycles. The van der Waals surface area contributed by atoms with E-state index in [4.69, 9.17) is 9.29 Å². The SMILES string of the molecule is CC1(C)C2CCC1(C)C1(SCC(COC(=O)C(F)(F)C(F)(F)F)(COC(=O)C(F)(F)C(F)(F)F)CS1)C2OC(=O)C(F)(F)S(=O)(=O)O. The van der Waals surface area contributed by atoms with Crippen molar-refractivity contribution in [2.75, 3.05) is 24.7 Å². The van der Waals surface area contributed by atoms with E-state index in [1.165, 1.54) is 0 Å². The van der Waals surface area contributed by atoms with Crippen LogP contribution in [-0.2, 0) is 38.7 Å². The normalized spacial score (nSPS) is 27.4. The van der Waals surface area contributed by atoms with Crippen molar-refractivity contribution >= 4 is 51.5 Å². The largest absolute Gasteiger partial charge is 0.465 e. The maximum atomic E-state index is 14.2. The summed E-state index contributed by atoms with van der Waals surface area (Å²) in [5, 5.41) is -5.45. The van der Waals surface area contributed by atoms with Gasteiger partial charge < -0.3 is 14.2 Å². The van der Waals surface area contributed by atoms with Crippen LogP contribution in [-0.4, -0.2) is 95.2 Å². The number of alkyl halides is 12. The average molecular weight is 769 g/mol. The van der Waals surface area contributed by atoms with Gasteiger partial charge >= 0.3 is 57.5 Å². The van der Waals surface area contributed by atoms with Crippen molar-refractivity contribution in [3.63, 3.8) is 0 Å². The Kier molecular flexibility index (Phi) is 9.80. The quantitative estimate of drug-likeness (QED) is 0.139. The molecule has 3 rings (SSSR count). The first-order valence-electron chi connectivity index (χ1n) is 12.8. The Labute approximate surface area is 265 Å². The molecular formula is C23H24F12O9S3. The van der Waals surface area contributed by atoms with Crippen LogP contribution in [0.3, 0.4) is 0 Å². The molecule has 1 aliphatic heterocycles. The second kappa shape index (κ2) is 11.6. The van der Waals surface area contributed by atoms with Crippen LogP contribution in [0, 0.1) is 22.2 Å². The zero-order valence-electron chi connectivity index (χ0n) is 23.9. The summed E-state index contributed by atoms with van der Waals surface area (Å²) in [5.41, 5.74) is -4.29. The first-order chi connectivity index (χ1) is 20.8. The fourth-order valence-electron chi connectivity index (χ4n) is 5.86. The molecular weight excluding hydrogens is 744 g/mol. The molecule has 1 N–H and O–H groups in total. The first-order valence-corrected chi connectivity index (χ1v) is 16.3. The minimum absolute atomic E-state index is 0.196. The van der Waals surface area contributed by atoms with Gasteiger partial charge in [0.05, 0.1) is 5.41 Å². The highest BCUT2D eigenvalue weighted by Crippen LogP contribution is 2.78. The minimum atomic E-state index is -6.47. The first kappa shape index (κ1) is 39.6. The topological polar surface area (TPSA) is 133 Å². The number of carbonyl (C=O) groups excluding carboxylic acids is 3. The van der Waals surface area contributed by atoms with Gasteiger partial charge in [0.25, 0.3) is 0 Å². The number of rotatable bonds is 9. The molecule has 24 heteroatoms. The maximum absolute atomic E-state index is 14.2. The number of esters is 3. The summed E-state index contributed by atoms with van der Waals surface area (Å²) in [6.45, 7) is 1.67. The Morgan fingerprint density at radius 3 is 1.53 bits per heavy atom. The van der Waals surface area contributed by atoms with Crippen LogP contribution < -0.4 is 0 Å². The summed E-state index contributed by atoms with van der Waals surface area (Å²) >= 11 is 1.14. The number of fused-ring (bicyclic) bond motifs is 3. The molecule has 0 aromatic rings.